The molecule has 1 heterocycles. The van der Waals surface area contributed by atoms with Crippen molar-refractivity contribution < 1.29 is 8.42 Å². The number of nitrogens with one attached hydrogen (secondary N) is 1. The zero-order valence-electron chi connectivity index (χ0n) is 12.1. The molecule has 0 amide bonds. The number of nitrogens with zero attached hydrogens (tertiary/aromatic N) is 1. The largest absolute Gasteiger partial charge is 0.375 e. The molecule has 0 radical (unpaired) electrons. The van der Waals surface area contributed by atoms with Gasteiger partial charge in [-0.05, 0) is 17.7 Å². The van der Waals surface area contributed by atoms with Crippen LogP contribution in [0.25, 0.3) is 11.3 Å². The van der Waals surface area contributed by atoms with Gasteiger partial charge in [0.15, 0.2) is 5.13 Å². The van der Waals surface area contributed by atoms with E-state index in [1.807, 2.05) is 35.7 Å². The molecule has 1 aromatic heterocycles. The highest BCUT2D eigenvalue weighted by molar-refractivity contribution is 7.91. The zero-order chi connectivity index (χ0) is 16.3. The van der Waals surface area contributed by atoms with Crippen molar-refractivity contribution in [2.24, 2.45) is 0 Å². The predicted molar refractivity (Wildman–Crippen MR) is 94.7 cm³/mol. The molecule has 118 valence electrons. The summed E-state index contributed by atoms with van der Waals surface area (Å²) in [4.78, 5) is 4.20. The molecule has 3 aromatic rings. The van der Waals surface area contributed by atoms with E-state index >= 15 is 0 Å². The number of nitrogen functional groups attached to an aromatic ring is 1. The van der Waals surface area contributed by atoms with Crippen LogP contribution in [0.5, 0.6) is 0 Å². The maximum atomic E-state index is 12.2. The van der Waals surface area contributed by atoms with Crippen LogP contribution in [-0.2, 0) is 15.8 Å². The third-order valence-corrected chi connectivity index (χ3v) is 5.11. The van der Waals surface area contributed by atoms with Crippen LogP contribution in [-0.4, -0.2) is 13.4 Å². The Bertz CT molecular complexity index is 889. The van der Waals surface area contributed by atoms with Gasteiger partial charge in [-0.15, -0.1) is 11.3 Å². The van der Waals surface area contributed by atoms with Crippen LogP contribution < -0.4 is 10.5 Å². The molecule has 0 spiro atoms. The maximum Gasteiger partial charge on any atom is 0.236 e. The molecule has 3 N–H and O–H groups in total. The molecule has 23 heavy (non-hydrogen) atoms. The van der Waals surface area contributed by atoms with Gasteiger partial charge in [-0.1, -0.05) is 42.5 Å². The Balaban J connectivity index is 1.72. The van der Waals surface area contributed by atoms with Crippen molar-refractivity contribution in [1.29, 1.82) is 0 Å². The molecule has 2 aromatic carbocycles. The molecule has 0 unspecified atom stereocenters. The van der Waals surface area contributed by atoms with E-state index < -0.39 is 10.0 Å². The van der Waals surface area contributed by atoms with Crippen molar-refractivity contribution in [3.05, 3.63) is 65.5 Å². The van der Waals surface area contributed by atoms with Crippen LogP contribution in [0.3, 0.4) is 0 Å². The Kier molecular flexibility index (Phi) is 4.31. The Morgan fingerprint density at radius 2 is 1.74 bits per heavy atom. The van der Waals surface area contributed by atoms with Gasteiger partial charge in [-0.3, -0.25) is 4.72 Å². The minimum absolute atomic E-state index is 0.0573. The van der Waals surface area contributed by atoms with E-state index in [0.717, 1.165) is 16.8 Å². The van der Waals surface area contributed by atoms with E-state index in [1.54, 1.807) is 24.3 Å². The number of benzene rings is 2. The highest BCUT2D eigenvalue weighted by Gasteiger charge is 2.12. The predicted octanol–water partition coefficient (Wildman–Crippen LogP) is 3.33. The highest BCUT2D eigenvalue weighted by atomic mass is 32.2. The summed E-state index contributed by atoms with van der Waals surface area (Å²) >= 11 is 1.37. The first kappa shape index (κ1) is 15.5. The highest BCUT2D eigenvalue weighted by Crippen LogP contribution is 2.24. The number of hydrogen-bond donors (Lipinski definition) is 2. The fraction of sp³-hybridized carbons (Fsp3) is 0.0625. The lowest BCUT2D eigenvalue weighted by atomic mass is 10.1. The standard InChI is InChI=1S/C16H15N3O2S2/c17-16-18-15(10-22-16)13-6-8-14(9-7-13)19-23(20,21)11-12-4-2-1-3-5-12/h1-10,19H,11H2,(H2,17,18). The van der Waals surface area contributed by atoms with E-state index in [9.17, 15) is 8.42 Å². The molecule has 0 aliphatic heterocycles. The molecule has 0 aliphatic rings. The average Bonchev–Trinajstić information content (AvgIpc) is 2.95. The van der Waals surface area contributed by atoms with Crippen molar-refractivity contribution in [2.75, 3.05) is 10.5 Å². The molecule has 5 nitrogen and oxygen atoms in total. The van der Waals surface area contributed by atoms with E-state index in [2.05, 4.69) is 9.71 Å². The number of thiazole rings is 1. The van der Waals surface area contributed by atoms with Crippen molar-refractivity contribution in [3.63, 3.8) is 0 Å². The summed E-state index contributed by atoms with van der Waals surface area (Å²) in [5.74, 6) is -0.0573. The van der Waals surface area contributed by atoms with E-state index in [0.29, 0.717) is 10.8 Å². The lowest BCUT2D eigenvalue weighted by molar-refractivity contribution is 0.600. The van der Waals surface area contributed by atoms with Gasteiger partial charge in [0.25, 0.3) is 0 Å². The molecule has 0 fully saturated rings. The number of hydrogen-bond acceptors (Lipinski definition) is 5. The summed E-state index contributed by atoms with van der Waals surface area (Å²) in [5.41, 5.74) is 8.56. The lowest BCUT2D eigenvalue weighted by Gasteiger charge is -2.08. The fourth-order valence-corrected chi connectivity index (χ4v) is 3.91. The quantitative estimate of drug-likeness (QED) is 0.743. The summed E-state index contributed by atoms with van der Waals surface area (Å²) in [6.45, 7) is 0. The van der Waals surface area contributed by atoms with Crippen LogP contribution in [0.1, 0.15) is 5.56 Å². The Morgan fingerprint density at radius 1 is 1.04 bits per heavy atom. The van der Waals surface area contributed by atoms with Gasteiger partial charge in [-0.2, -0.15) is 0 Å². The van der Waals surface area contributed by atoms with Gasteiger partial charge in [0.1, 0.15) is 0 Å². The topological polar surface area (TPSA) is 85.1 Å². The molecule has 7 heteroatoms. The normalized spacial score (nSPS) is 11.3. The summed E-state index contributed by atoms with van der Waals surface area (Å²) in [6.07, 6.45) is 0. The number of anilines is 2. The van der Waals surface area contributed by atoms with Crippen molar-refractivity contribution in [1.82, 2.24) is 4.98 Å². The zero-order valence-corrected chi connectivity index (χ0v) is 13.8. The number of sulfonamides is 1. The van der Waals surface area contributed by atoms with Gasteiger partial charge in [0, 0.05) is 16.6 Å². The minimum Gasteiger partial charge on any atom is -0.375 e. The van der Waals surface area contributed by atoms with Crippen LogP contribution >= 0.6 is 11.3 Å². The van der Waals surface area contributed by atoms with Gasteiger partial charge in [0.2, 0.25) is 10.0 Å². The maximum absolute atomic E-state index is 12.2. The Labute approximate surface area is 138 Å². The SMILES string of the molecule is Nc1nc(-c2ccc(NS(=O)(=O)Cc3ccccc3)cc2)cs1. The Morgan fingerprint density at radius 3 is 2.35 bits per heavy atom. The van der Waals surface area contributed by atoms with Crippen molar-refractivity contribution in [2.45, 2.75) is 5.75 Å². The van der Waals surface area contributed by atoms with Crippen LogP contribution in [0.2, 0.25) is 0 Å². The minimum atomic E-state index is -3.44. The van der Waals surface area contributed by atoms with E-state index in [4.69, 9.17) is 5.73 Å². The van der Waals surface area contributed by atoms with Crippen LogP contribution in [0.15, 0.2) is 60.0 Å². The third-order valence-electron chi connectivity index (χ3n) is 3.18. The monoisotopic (exact) mass is 345 g/mol. The molecule has 0 bridgehead atoms. The smallest absolute Gasteiger partial charge is 0.236 e. The molecule has 0 aliphatic carbocycles. The molecule has 0 atom stereocenters. The summed E-state index contributed by atoms with van der Waals surface area (Å²) in [7, 11) is -3.44. The summed E-state index contributed by atoms with van der Waals surface area (Å²) in [6, 6.07) is 16.1. The first-order valence-electron chi connectivity index (χ1n) is 6.88. The summed E-state index contributed by atoms with van der Waals surface area (Å²) in [5, 5.41) is 2.37. The van der Waals surface area contributed by atoms with Gasteiger partial charge >= 0.3 is 0 Å². The average molecular weight is 345 g/mol. The molecule has 0 saturated heterocycles. The van der Waals surface area contributed by atoms with Crippen LogP contribution in [0, 0.1) is 0 Å². The Hall–Kier alpha value is -2.38. The molecular weight excluding hydrogens is 330 g/mol. The third kappa shape index (κ3) is 4.08. The van der Waals surface area contributed by atoms with Gasteiger partial charge in [-0.25, -0.2) is 13.4 Å². The number of rotatable bonds is 5. The van der Waals surface area contributed by atoms with Gasteiger partial charge < -0.3 is 5.73 Å². The van der Waals surface area contributed by atoms with Crippen LogP contribution in [0.4, 0.5) is 10.8 Å². The molecule has 0 saturated carbocycles. The van der Waals surface area contributed by atoms with E-state index in [-0.39, 0.29) is 5.75 Å². The number of nitrogens with two attached hydrogens (primary N) is 1. The molecule has 3 rings (SSSR count). The van der Waals surface area contributed by atoms with Crippen molar-refractivity contribution >= 4 is 32.2 Å². The number of aromatic nitrogens is 1. The van der Waals surface area contributed by atoms with Crippen molar-refractivity contribution in [3.8, 4) is 11.3 Å². The first-order chi connectivity index (χ1) is 11.0. The molecular formula is C16H15N3O2S2. The second kappa shape index (κ2) is 6.39. The first-order valence-corrected chi connectivity index (χ1v) is 9.41. The fourth-order valence-electron chi connectivity index (χ4n) is 2.14. The van der Waals surface area contributed by atoms with Gasteiger partial charge in [0.05, 0.1) is 11.4 Å². The second-order valence-corrected chi connectivity index (χ2v) is 7.61. The second-order valence-electron chi connectivity index (χ2n) is 5.00. The summed E-state index contributed by atoms with van der Waals surface area (Å²) < 4.78 is 27.0. The van der Waals surface area contributed by atoms with E-state index in [1.165, 1.54) is 11.3 Å². The lowest BCUT2D eigenvalue weighted by Crippen LogP contribution is -2.14.